The van der Waals surface area contributed by atoms with Crippen LogP contribution in [0.5, 0.6) is 5.75 Å². The number of nitrogens with zero attached hydrogens (tertiary/aromatic N) is 2. The van der Waals surface area contributed by atoms with E-state index < -0.39 is 63.7 Å². The van der Waals surface area contributed by atoms with Gasteiger partial charge in [0.1, 0.15) is 28.7 Å². The minimum atomic E-state index is -2.64. The highest BCUT2D eigenvalue weighted by molar-refractivity contribution is 6.25. The summed E-state index contributed by atoms with van der Waals surface area (Å²) in [5.74, 6) is -6.69. The van der Waals surface area contributed by atoms with E-state index in [0.717, 1.165) is 6.92 Å². The van der Waals surface area contributed by atoms with Crippen LogP contribution in [0.3, 0.4) is 0 Å². The van der Waals surface area contributed by atoms with E-state index in [2.05, 4.69) is 0 Å². The number of hydrogen-bond acceptors (Lipinski definition) is 9. The zero-order valence-electron chi connectivity index (χ0n) is 22.1. The molecule has 0 saturated heterocycles. The molecule has 0 unspecified atom stereocenters. The van der Waals surface area contributed by atoms with Crippen molar-refractivity contribution in [3.05, 3.63) is 50.7 Å². The van der Waals surface area contributed by atoms with Gasteiger partial charge in [0.25, 0.3) is 0 Å². The van der Waals surface area contributed by atoms with E-state index in [-0.39, 0.29) is 41.8 Å². The minimum absolute atomic E-state index is 0.0394. The average Bonchev–Trinajstić information content (AvgIpc) is 3.23. The topological polar surface area (TPSA) is 139 Å². The lowest BCUT2D eigenvalue weighted by molar-refractivity contribution is -0.148. The lowest BCUT2D eigenvalue weighted by Crippen LogP contribution is -2.63. The number of hydrogen-bond donors (Lipinski definition) is 4. The van der Waals surface area contributed by atoms with E-state index >= 15 is 4.39 Å². The van der Waals surface area contributed by atoms with Gasteiger partial charge in [-0.15, -0.1) is 0 Å². The molecule has 0 spiro atoms. The fourth-order valence-electron chi connectivity index (χ4n) is 7.03. The molecule has 10 heteroatoms. The Morgan fingerprint density at radius 2 is 1.76 bits per heavy atom. The predicted octanol–water partition coefficient (Wildman–Crippen LogP) is 2.33. The molecule has 0 bridgehead atoms. The number of aliphatic hydroxyl groups is 3. The Morgan fingerprint density at radius 3 is 2.34 bits per heavy atom. The van der Waals surface area contributed by atoms with E-state index in [1.807, 2.05) is 18.7 Å². The highest BCUT2D eigenvalue weighted by Crippen LogP contribution is 2.53. The van der Waals surface area contributed by atoms with Crippen molar-refractivity contribution >= 4 is 17.3 Å². The Morgan fingerprint density at radius 1 is 1.13 bits per heavy atom. The van der Waals surface area contributed by atoms with Gasteiger partial charge in [-0.1, -0.05) is 13.8 Å². The van der Waals surface area contributed by atoms with Crippen molar-refractivity contribution in [3.63, 3.8) is 0 Å². The molecule has 5 rings (SSSR count). The zero-order valence-corrected chi connectivity index (χ0v) is 22.1. The quantitative estimate of drug-likeness (QED) is 0.434. The van der Waals surface area contributed by atoms with Gasteiger partial charge in [-0.3, -0.25) is 24.2 Å². The fourth-order valence-corrected chi connectivity index (χ4v) is 7.03. The number of allylic oxidation sites excluding steroid dienone is 1. The van der Waals surface area contributed by atoms with E-state index in [4.69, 9.17) is 0 Å². The average molecular weight is 529 g/mol. The monoisotopic (exact) mass is 528 g/mol. The van der Waals surface area contributed by atoms with Gasteiger partial charge in [0, 0.05) is 47.8 Å². The summed E-state index contributed by atoms with van der Waals surface area (Å²) in [6.07, 6.45) is -0.0794. The van der Waals surface area contributed by atoms with Crippen LogP contribution in [0.2, 0.25) is 0 Å². The highest BCUT2D eigenvalue weighted by Gasteiger charge is 2.63. The molecule has 1 aromatic carbocycles. The molecule has 0 saturated carbocycles. The number of likely N-dealkylation sites (N-methyl/N-ethyl adjacent to an activating group) is 1. The van der Waals surface area contributed by atoms with Crippen molar-refractivity contribution < 1.29 is 39.2 Å². The Balaban J connectivity index is 1.67. The number of phenolic OH excluding ortho intramolecular Hbond substituents is 1. The summed E-state index contributed by atoms with van der Waals surface area (Å²) in [6.45, 7) is 6.39. The number of phenols is 1. The molecule has 0 aromatic heterocycles. The molecule has 9 nitrogen and oxygen atoms in total. The smallest absolute Gasteiger partial charge is 0.209 e. The number of carbonyl (C=O) groups is 3. The van der Waals surface area contributed by atoms with Crippen LogP contribution in [0.1, 0.15) is 54.2 Å². The zero-order chi connectivity index (χ0) is 28.0. The SMILES string of the molecule is CC(=O)C1=C(O)[C@@H](N(C)C)[C@@H]2C[C@@H]3Cc4c(F)c5c(c(O)c4C(=O)C3=C(O)[C@]2(O)C1=O)CN(CC(C)C)C5. The summed E-state index contributed by atoms with van der Waals surface area (Å²) in [4.78, 5) is 43.0. The molecule has 1 aliphatic heterocycles. The van der Waals surface area contributed by atoms with Crippen molar-refractivity contribution in [2.45, 2.75) is 58.3 Å². The van der Waals surface area contributed by atoms with Crippen molar-refractivity contribution in [2.75, 3.05) is 20.6 Å². The van der Waals surface area contributed by atoms with Gasteiger partial charge in [0.05, 0.1) is 11.6 Å². The summed E-state index contributed by atoms with van der Waals surface area (Å²) in [5.41, 5.74) is -3.06. The van der Waals surface area contributed by atoms with E-state index in [0.29, 0.717) is 30.1 Å². The van der Waals surface area contributed by atoms with Crippen LogP contribution in [0, 0.1) is 23.6 Å². The molecule has 1 aromatic rings. The van der Waals surface area contributed by atoms with Gasteiger partial charge in [-0.05, 0) is 45.7 Å². The molecule has 4 N–H and O–H groups in total. The summed E-state index contributed by atoms with van der Waals surface area (Å²) in [7, 11) is 3.19. The molecule has 4 atom stereocenters. The maximum Gasteiger partial charge on any atom is 0.209 e. The number of ketones is 3. The number of halogens is 1. The lowest BCUT2D eigenvalue weighted by Gasteiger charge is -2.50. The van der Waals surface area contributed by atoms with Crippen LogP contribution in [0.4, 0.5) is 4.39 Å². The van der Waals surface area contributed by atoms with E-state index in [1.54, 1.807) is 14.1 Å². The maximum absolute atomic E-state index is 15.9. The normalized spacial score (nSPS) is 29.1. The summed E-state index contributed by atoms with van der Waals surface area (Å²) in [5, 5.41) is 45.1. The molecule has 0 fully saturated rings. The molecular formula is C28H33FN2O7. The number of fused-ring (bicyclic) bond motifs is 4. The second-order valence-corrected chi connectivity index (χ2v) is 11.7. The molecule has 4 aliphatic rings. The first-order chi connectivity index (χ1) is 17.7. The van der Waals surface area contributed by atoms with Crippen LogP contribution < -0.4 is 0 Å². The second kappa shape index (κ2) is 8.72. The third kappa shape index (κ3) is 3.43. The van der Waals surface area contributed by atoms with E-state index in [1.165, 1.54) is 4.90 Å². The number of aromatic hydroxyl groups is 1. The first-order valence-corrected chi connectivity index (χ1v) is 12.8. The van der Waals surface area contributed by atoms with Crippen LogP contribution in [0.25, 0.3) is 0 Å². The van der Waals surface area contributed by atoms with Crippen LogP contribution in [-0.4, -0.2) is 79.9 Å². The Bertz CT molecular complexity index is 1360. The van der Waals surface area contributed by atoms with Crippen molar-refractivity contribution in [1.82, 2.24) is 9.80 Å². The van der Waals surface area contributed by atoms with Gasteiger partial charge in [0.15, 0.2) is 17.2 Å². The second-order valence-electron chi connectivity index (χ2n) is 11.7. The molecule has 0 radical (unpaired) electrons. The molecule has 3 aliphatic carbocycles. The summed E-state index contributed by atoms with van der Waals surface area (Å²) in [6, 6.07) is -1.01. The number of aliphatic hydroxyl groups excluding tert-OH is 2. The first-order valence-electron chi connectivity index (χ1n) is 12.8. The third-order valence-electron chi connectivity index (χ3n) is 8.53. The summed E-state index contributed by atoms with van der Waals surface area (Å²) >= 11 is 0. The number of rotatable bonds is 4. The fraction of sp³-hybridized carbons (Fsp3) is 0.536. The minimum Gasteiger partial charge on any atom is -0.510 e. The molecule has 38 heavy (non-hydrogen) atoms. The number of carbonyl (C=O) groups excluding carboxylic acids is 3. The van der Waals surface area contributed by atoms with Gasteiger partial charge >= 0.3 is 0 Å². The third-order valence-corrected chi connectivity index (χ3v) is 8.53. The van der Waals surface area contributed by atoms with Crippen molar-refractivity contribution in [1.29, 1.82) is 0 Å². The Hall–Kier alpha value is -3.08. The van der Waals surface area contributed by atoms with Gasteiger partial charge < -0.3 is 20.4 Å². The largest absolute Gasteiger partial charge is 0.510 e. The Labute approximate surface area is 219 Å². The first kappa shape index (κ1) is 26.5. The Kier molecular flexibility index (Phi) is 6.09. The maximum atomic E-state index is 15.9. The molecule has 204 valence electrons. The van der Waals surface area contributed by atoms with Gasteiger partial charge in [-0.25, -0.2) is 4.39 Å². The van der Waals surface area contributed by atoms with Crippen molar-refractivity contribution in [3.8, 4) is 5.75 Å². The lowest BCUT2D eigenvalue weighted by atomic mass is 9.58. The van der Waals surface area contributed by atoms with E-state index in [9.17, 15) is 34.8 Å². The van der Waals surface area contributed by atoms with Crippen LogP contribution >= 0.6 is 0 Å². The standard InChI is InChI=1S/C28H33FN2O7/c1-11(2)8-31-9-15-16(10-31)23(33)20-14(21(15)29)6-13-7-17-22(30(4)5)25(35)18(12(3)32)26(36)28(17,38)27(37)19(13)24(20)34/h11,13,17,22,33,35,37-38H,6-10H2,1-5H3/t13-,17-,22-,28+/m0/s1. The van der Waals surface area contributed by atoms with Gasteiger partial charge in [-0.2, -0.15) is 0 Å². The number of benzene rings is 1. The summed E-state index contributed by atoms with van der Waals surface area (Å²) < 4.78 is 15.9. The highest BCUT2D eigenvalue weighted by atomic mass is 19.1. The van der Waals surface area contributed by atoms with Gasteiger partial charge in [0.2, 0.25) is 5.78 Å². The molecule has 1 heterocycles. The molecular weight excluding hydrogens is 495 g/mol. The van der Waals surface area contributed by atoms with Crippen LogP contribution in [0.15, 0.2) is 22.7 Å². The number of Topliss-reactive ketones (excluding diaryl/α,β-unsaturated/α-hetero) is 3. The predicted molar refractivity (Wildman–Crippen MR) is 134 cm³/mol. The van der Waals surface area contributed by atoms with Crippen LogP contribution in [-0.2, 0) is 29.1 Å². The van der Waals surface area contributed by atoms with Crippen molar-refractivity contribution in [2.24, 2.45) is 17.8 Å². The molecule has 0 amide bonds.